The van der Waals surface area contributed by atoms with E-state index in [2.05, 4.69) is 4.98 Å². The minimum absolute atomic E-state index is 0.225. The Morgan fingerprint density at radius 3 is 2.80 bits per heavy atom. The molecule has 0 aromatic carbocycles. The van der Waals surface area contributed by atoms with Crippen LogP contribution in [0.4, 0.5) is 18.9 Å². The number of alkyl halides is 3. The molecule has 108 valence electrons. The van der Waals surface area contributed by atoms with Gasteiger partial charge in [0.1, 0.15) is 9.71 Å². The Balaban J connectivity index is 2.21. The van der Waals surface area contributed by atoms with Crippen LogP contribution in [0.1, 0.15) is 16.1 Å². The standard InChI is InChI=1S/C12H12F3N3OS/c1-18(6-4-12(13,14)15)11(19)9-8(16)7-3-2-5-17-10(7)20-9/h2-3,5H,4,6,16H2,1H3. The lowest BCUT2D eigenvalue weighted by Gasteiger charge is -2.17. The van der Waals surface area contributed by atoms with E-state index < -0.39 is 25.0 Å². The fourth-order valence-electron chi connectivity index (χ4n) is 1.68. The molecule has 2 N–H and O–H groups in total. The van der Waals surface area contributed by atoms with Crippen LogP contribution in [0.15, 0.2) is 18.3 Å². The molecule has 0 fully saturated rings. The number of hydrogen-bond donors (Lipinski definition) is 1. The first-order chi connectivity index (χ1) is 9.29. The van der Waals surface area contributed by atoms with Crippen molar-refractivity contribution in [2.24, 2.45) is 0 Å². The summed E-state index contributed by atoms with van der Waals surface area (Å²) in [6, 6.07) is 3.41. The maximum atomic E-state index is 12.2. The average Bonchev–Trinajstić information content (AvgIpc) is 2.72. The molecule has 0 saturated heterocycles. The summed E-state index contributed by atoms with van der Waals surface area (Å²) in [4.78, 5) is 18.0. The van der Waals surface area contributed by atoms with E-state index in [4.69, 9.17) is 5.73 Å². The molecular formula is C12H12F3N3OS. The van der Waals surface area contributed by atoms with Gasteiger partial charge in [0, 0.05) is 25.2 Å². The Kier molecular flexibility index (Phi) is 3.85. The van der Waals surface area contributed by atoms with Gasteiger partial charge in [0.2, 0.25) is 0 Å². The first-order valence-corrected chi connectivity index (χ1v) is 6.56. The molecule has 0 aliphatic rings. The highest BCUT2D eigenvalue weighted by Crippen LogP contribution is 2.32. The molecule has 2 aromatic rings. The lowest BCUT2D eigenvalue weighted by atomic mass is 10.2. The van der Waals surface area contributed by atoms with Crippen molar-refractivity contribution in [3.05, 3.63) is 23.2 Å². The molecule has 2 aromatic heterocycles. The van der Waals surface area contributed by atoms with Crippen LogP contribution in [-0.4, -0.2) is 35.6 Å². The maximum absolute atomic E-state index is 12.2. The molecule has 1 amide bonds. The Bertz CT molecular complexity index is 638. The topological polar surface area (TPSA) is 59.2 Å². The Labute approximate surface area is 117 Å². The summed E-state index contributed by atoms with van der Waals surface area (Å²) < 4.78 is 36.5. The van der Waals surface area contributed by atoms with Gasteiger partial charge < -0.3 is 10.6 Å². The second kappa shape index (κ2) is 5.28. The van der Waals surface area contributed by atoms with Crippen LogP contribution < -0.4 is 5.73 Å². The number of halogens is 3. The zero-order valence-corrected chi connectivity index (χ0v) is 11.4. The summed E-state index contributed by atoms with van der Waals surface area (Å²) in [7, 11) is 1.32. The van der Waals surface area contributed by atoms with E-state index in [0.717, 1.165) is 16.2 Å². The van der Waals surface area contributed by atoms with Gasteiger partial charge in [-0.15, -0.1) is 11.3 Å². The smallest absolute Gasteiger partial charge is 0.390 e. The second-order valence-corrected chi connectivity index (χ2v) is 5.29. The number of carbonyl (C=O) groups excluding carboxylic acids is 1. The van der Waals surface area contributed by atoms with Gasteiger partial charge in [0.25, 0.3) is 5.91 Å². The summed E-state index contributed by atoms with van der Waals surface area (Å²) in [5.74, 6) is -0.519. The van der Waals surface area contributed by atoms with E-state index in [-0.39, 0.29) is 10.6 Å². The molecule has 2 rings (SSSR count). The van der Waals surface area contributed by atoms with Gasteiger partial charge in [-0.25, -0.2) is 4.98 Å². The third-order valence-electron chi connectivity index (χ3n) is 2.78. The monoisotopic (exact) mass is 303 g/mol. The normalized spacial score (nSPS) is 11.8. The number of fused-ring (bicyclic) bond motifs is 1. The average molecular weight is 303 g/mol. The van der Waals surface area contributed by atoms with Crippen molar-refractivity contribution in [1.82, 2.24) is 9.88 Å². The van der Waals surface area contributed by atoms with Gasteiger partial charge in [-0.2, -0.15) is 13.2 Å². The number of amides is 1. The number of carbonyl (C=O) groups is 1. The molecule has 0 aliphatic carbocycles. The number of hydrogen-bond acceptors (Lipinski definition) is 4. The van der Waals surface area contributed by atoms with Crippen LogP contribution in [0.5, 0.6) is 0 Å². The number of nitrogen functional groups attached to an aromatic ring is 1. The third kappa shape index (κ3) is 3.01. The molecule has 20 heavy (non-hydrogen) atoms. The number of aromatic nitrogens is 1. The predicted molar refractivity (Wildman–Crippen MR) is 71.7 cm³/mol. The van der Waals surface area contributed by atoms with E-state index in [0.29, 0.717) is 10.2 Å². The Morgan fingerprint density at radius 1 is 1.50 bits per heavy atom. The summed E-state index contributed by atoms with van der Waals surface area (Å²) >= 11 is 1.09. The SMILES string of the molecule is CN(CCC(F)(F)F)C(=O)c1sc2ncccc2c1N. The van der Waals surface area contributed by atoms with Crippen LogP contribution in [0.2, 0.25) is 0 Å². The summed E-state index contributed by atoms with van der Waals surface area (Å²) in [6.07, 6.45) is -3.76. The molecule has 0 atom stereocenters. The highest BCUT2D eigenvalue weighted by Gasteiger charge is 2.29. The molecule has 4 nitrogen and oxygen atoms in total. The summed E-state index contributed by atoms with van der Waals surface area (Å²) in [5.41, 5.74) is 6.13. The van der Waals surface area contributed by atoms with Crippen LogP contribution in [0.25, 0.3) is 10.2 Å². The largest absolute Gasteiger partial charge is 0.397 e. The van der Waals surface area contributed by atoms with Crippen LogP contribution in [0.3, 0.4) is 0 Å². The quantitative estimate of drug-likeness (QED) is 0.948. The minimum Gasteiger partial charge on any atom is -0.397 e. The second-order valence-electron chi connectivity index (χ2n) is 4.29. The van der Waals surface area contributed by atoms with Crippen molar-refractivity contribution in [2.45, 2.75) is 12.6 Å². The van der Waals surface area contributed by atoms with Gasteiger partial charge in [0.05, 0.1) is 12.1 Å². The van der Waals surface area contributed by atoms with Crippen molar-refractivity contribution in [2.75, 3.05) is 19.3 Å². The molecule has 8 heteroatoms. The van der Waals surface area contributed by atoms with E-state index in [1.165, 1.54) is 7.05 Å². The number of pyridine rings is 1. The van der Waals surface area contributed by atoms with Crippen LogP contribution in [-0.2, 0) is 0 Å². The first-order valence-electron chi connectivity index (χ1n) is 5.75. The Morgan fingerprint density at radius 2 is 2.20 bits per heavy atom. The van der Waals surface area contributed by atoms with Gasteiger partial charge in [-0.05, 0) is 12.1 Å². The molecule has 0 unspecified atom stereocenters. The van der Waals surface area contributed by atoms with Crippen molar-refractivity contribution in [3.63, 3.8) is 0 Å². The fourth-order valence-corrected chi connectivity index (χ4v) is 2.74. The van der Waals surface area contributed by atoms with Crippen LogP contribution >= 0.6 is 11.3 Å². The van der Waals surface area contributed by atoms with Gasteiger partial charge >= 0.3 is 6.18 Å². The van der Waals surface area contributed by atoms with E-state index in [1.54, 1.807) is 18.3 Å². The van der Waals surface area contributed by atoms with E-state index in [9.17, 15) is 18.0 Å². The molecule has 0 bridgehead atoms. The third-order valence-corrected chi connectivity index (χ3v) is 3.89. The number of nitrogens with two attached hydrogens (primary N) is 1. The van der Waals surface area contributed by atoms with Gasteiger partial charge in [-0.3, -0.25) is 4.79 Å². The summed E-state index contributed by atoms with van der Waals surface area (Å²) in [6.45, 7) is -0.399. The van der Waals surface area contributed by atoms with Crippen molar-refractivity contribution in [1.29, 1.82) is 0 Å². The molecule has 0 radical (unpaired) electrons. The van der Waals surface area contributed by atoms with Crippen molar-refractivity contribution in [3.8, 4) is 0 Å². The lowest BCUT2D eigenvalue weighted by Crippen LogP contribution is -2.30. The lowest BCUT2D eigenvalue weighted by molar-refractivity contribution is -0.136. The highest BCUT2D eigenvalue weighted by molar-refractivity contribution is 7.21. The van der Waals surface area contributed by atoms with Crippen LogP contribution in [0, 0.1) is 0 Å². The first kappa shape index (κ1) is 14.6. The number of thiophene rings is 1. The highest BCUT2D eigenvalue weighted by atomic mass is 32.1. The molecular weight excluding hydrogens is 291 g/mol. The summed E-state index contributed by atoms with van der Waals surface area (Å²) in [5, 5.41) is 0.644. The number of anilines is 1. The zero-order valence-electron chi connectivity index (χ0n) is 10.6. The molecule has 0 spiro atoms. The zero-order chi connectivity index (χ0) is 14.9. The molecule has 2 heterocycles. The number of rotatable bonds is 3. The van der Waals surface area contributed by atoms with E-state index in [1.807, 2.05) is 0 Å². The number of nitrogens with zero attached hydrogens (tertiary/aromatic N) is 2. The maximum Gasteiger partial charge on any atom is 0.390 e. The minimum atomic E-state index is -4.29. The fraction of sp³-hybridized carbons (Fsp3) is 0.333. The van der Waals surface area contributed by atoms with Gasteiger partial charge in [0.15, 0.2) is 0 Å². The molecule has 0 saturated carbocycles. The van der Waals surface area contributed by atoms with Crippen molar-refractivity contribution < 1.29 is 18.0 Å². The van der Waals surface area contributed by atoms with Gasteiger partial charge in [-0.1, -0.05) is 0 Å². The predicted octanol–water partition coefficient (Wildman–Crippen LogP) is 2.90. The Hall–Kier alpha value is -1.83. The van der Waals surface area contributed by atoms with E-state index >= 15 is 0 Å². The van der Waals surface area contributed by atoms with Crippen molar-refractivity contribution >= 4 is 33.1 Å². The molecule has 0 aliphatic heterocycles.